The van der Waals surface area contributed by atoms with Crippen molar-refractivity contribution in [2.24, 2.45) is 0 Å². The van der Waals surface area contributed by atoms with Crippen molar-refractivity contribution in [2.75, 3.05) is 12.0 Å². The molecule has 124 valence electrons. The molecule has 0 saturated carbocycles. The monoisotopic (exact) mass is 344 g/mol. The van der Waals surface area contributed by atoms with E-state index in [1.165, 1.54) is 6.92 Å². The third-order valence-corrected chi connectivity index (χ3v) is 4.29. The normalized spacial score (nSPS) is 16.0. The Morgan fingerprint density at radius 2 is 2.00 bits per heavy atom. The molecule has 2 aromatic carbocycles. The van der Waals surface area contributed by atoms with Gasteiger partial charge < -0.3 is 15.0 Å². The number of carbonyl (C=O) groups is 2. The maximum atomic E-state index is 12.9. The number of carbonyl (C=O) groups excluding carboxylic acids is 2. The molecule has 0 spiro atoms. The minimum absolute atomic E-state index is 0.209. The van der Waals surface area contributed by atoms with Crippen LogP contribution >= 0.6 is 11.6 Å². The lowest BCUT2D eigenvalue weighted by Crippen LogP contribution is -2.36. The molecule has 0 aliphatic carbocycles. The van der Waals surface area contributed by atoms with Gasteiger partial charge in [-0.25, -0.2) is 0 Å². The van der Waals surface area contributed by atoms with Crippen molar-refractivity contribution in [3.63, 3.8) is 0 Å². The van der Waals surface area contributed by atoms with Crippen LogP contribution in [0.15, 0.2) is 42.5 Å². The average molecular weight is 345 g/mol. The summed E-state index contributed by atoms with van der Waals surface area (Å²) < 4.78 is 5.36. The number of benzene rings is 2. The number of halogens is 1. The van der Waals surface area contributed by atoms with Crippen LogP contribution in [0.2, 0.25) is 5.02 Å². The zero-order valence-corrected chi connectivity index (χ0v) is 14.1. The molecule has 0 aromatic heterocycles. The van der Waals surface area contributed by atoms with Crippen LogP contribution in [0.3, 0.4) is 0 Å². The van der Waals surface area contributed by atoms with Gasteiger partial charge in [0.1, 0.15) is 11.8 Å². The molecule has 0 bridgehead atoms. The van der Waals surface area contributed by atoms with E-state index in [0.29, 0.717) is 28.6 Å². The number of amides is 2. The Bertz CT molecular complexity index is 807. The zero-order chi connectivity index (χ0) is 17.3. The van der Waals surface area contributed by atoms with E-state index in [-0.39, 0.29) is 11.8 Å². The summed E-state index contributed by atoms with van der Waals surface area (Å²) in [5, 5.41) is 3.17. The topological polar surface area (TPSA) is 58.6 Å². The fourth-order valence-corrected chi connectivity index (χ4v) is 3.24. The Labute approximate surface area is 145 Å². The average Bonchev–Trinajstić information content (AvgIpc) is 2.82. The first kappa shape index (κ1) is 16.3. The van der Waals surface area contributed by atoms with Crippen molar-refractivity contribution in [2.45, 2.75) is 19.5 Å². The molecule has 3 rings (SSSR count). The van der Waals surface area contributed by atoms with Crippen LogP contribution in [0.1, 0.15) is 24.1 Å². The summed E-state index contributed by atoms with van der Waals surface area (Å²) in [6, 6.07) is 12.1. The maximum absolute atomic E-state index is 12.9. The summed E-state index contributed by atoms with van der Waals surface area (Å²) in [5.74, 6) is 0.222. The van der Waals surface area contributed by atoms with Crippen LogP contribution < -0.4 is 15.0 Å². The predicted octanol–water partition coefficient (Wildman–Crippen LogP) is 3.07. The van der Waals surface area contributed by atoms with E-state index in [9.17, 15) is 9.59 Å². The van der Waals surface area contributed by atoms with Gasteiger partial charge in [0.15, 0.2) is 0 Å². The molecule has 0 unspecified atom stereocenters. The van der Waals surface area contributed by atoms with E-state index in [1.807, 2.05) is 30.3 Å². The molecule has 2 aromatic rings. The molecule has 2 amide bonds. The Morgan fingerprint density at radius 1 is 1.25 bits per heavy atom. The third kappa shape index (κ3) is 2.83. The molecule has 6 heteroatoms. The number of rotatable bonds is 4. The van der Waals surface area contributed by atoms with Gasteiger partial charge in [-0.2, -0.15) is 0 Å². The Hall–Kier alpha value is -2.53. The van der Waals surface area contributed by atoms with Crippen LogP contribution in [-0.2, 0) is 16.1 Å². The predicted molar refractivity (Wildman–Crippen MR) is 92.2 cm³/mol. The van der Waals surface area contributed by atoms with Gasteiger partial charge in [-0.05, 0) is 12.1 Å². The van der Waals surface area contributed by atoms with Crippen LogP contribution in [0, 0.1) is 0 Å². The molecule has 0 fully saturated rings. The highest BCUT2D eigenvalue weighted by atomic mass is 35.5. The van der Waals surface area contributed by atoms with Gasteiger partial charge in [-0.15, -0.1) is 0 Å². The molecular formula is C18H17ClN2O3. The molecule has 1 aliphatic rings. The molecule has 1 N–H and O–H groups in total. The van der Waals surface area contributed by atoms with Crippen LogP contribution in [0.5, 0.6) is 5.75 Å². The zero-order valence-electron chi connectivity index (χ0n) is 13.4. The first-order chi connectivity index (χ1) is 11.5. The molecular weight excluding hydrogens is 328 g/mol. The number of methoxy groups -OCH3 is 1. The van der Waals surface area contributed by atoms with Crippen molar-refractivity contribution in [3.05, 3.63) is 58.6 Å². The standard InChI is InChI=1S/C18H17ClN2O3/c1-11(22)20-16-13-7-5-8-14(19)17(13)21(18(16)23)10-12-6-3-4-9-15(12)24-2/h3-9,16H,10H2,1-2H3,(H,20,22)/t16-/m0/s1. The summed E-state index contributed by atoms with van der Waals surface area (Å²) in [6.07, 6.45) is 0. The largest absolute Gasteiger partial charge is 0.496 e. The fourth-order valence-electron chi connectivity index (χ4n) is 2.95. The highest BCUT2D eigenvalue weighted by molar-refractivity contribution is 6.34. The molecule has 24 heavy (non-hydrogen) atoms. The highest BCUT2D eigenvalue weighted by Gasteiger charge is 2.39. The number of fused-ring (bicyclic) bond motifs is 1. The van der Waals surface area contributed by atoms with Crippen LogP contribution in [-0.4, -0.2) is 18.9 Å². The van der Waals surface area contributed by atoms with E-state index in [4.69, 9.17) is 16.3 Å². The van der Waals surface area contributed by atoms with Gasteiger partial charge in [0.05, 0.1) is 24.4 Å². The number of hydrogen-bond donors (Lipinski definition) is 1. The number of para-hydroxylation sites is 2. The molecule has 1 atom stereocenters. The molecule has 0 radical (unpaired) electrons. The van der Waals surface area contributed by atoms with Crippen molar-refractivity contribution in [1.82, 2.24) is 5.32 Å². The second kappa shape index (κ2) is 6.53. The minimum atomic E-state index is -0.717. The van der Waals surface area contributed by atoms with Gasteiger partial charge in [-0.3, -0.25) is 9.59 Å². The van der Waals surface area contributed by atoms with Gasteiger partial charge in [-0.1, -0.05) is 41.9 Å². The molecule has 0 saturated heterocycles. The van der Waals surface area contributed by atoms with E-state index < -0.39 is 6.04 Å². The van der Waals surface area contributed by atoms with Gasteiger partial charge in [0, 0.05) is 18.1 Å². The smallest absolute Gasteiger partial charge is 0.254 e. The number of nitrogens with one attached hydrogen (secondary N) is 1. The summed E-state index contributed by atoms with van der Waals surface area (Å²) in [6.45, 7) is 1.70. The number of ether oxygens (including phenoxy) is 1. The fraction of sp³-hybridized carbons (Fsp3) is 0.222. The van der Waals surface area contributed by atoms with E-state index in [1.54, 1.807) is 24.1 Å². The van der Waals surface area contributed by atoms with Crippen molar-refractivity contribution >= 4 is 29.1 Å². The summed E-state index contributed by atoms with van der Waals surface area (Å²) in [5.41, 5.74) is 2.20. The van der Waals surface area contributed by atoms with E-state index in [2.05, 4.69) is 5.32 Å². The molecule has 1 aliphatic heterocycles. The Kier molecular flexibility index (Phi) is 4.44. The maximum Gasteiger partial charge on any atom is 0.254 e. The lowest BCUT2D eigenvalue weighted by molar-refractivity contribution is -0.126. The summed E-state index contributed by atoms with van der Waals surface area (Å²) >= 11 is 6.33. The SMILES string of the molecule is COc1ccccc1CN1C(=O)[C@@H](NC(C)=O)c2cccc(Cl)c21. The van der Waals surface area contributed by atoms with E-state index in [0.717, 1.165) is 5.56 Å². The Balaban J connectivity index is 2.02. The van der Waals surface area contributed by atoms with Crippen LogP contribution in [0.25, 0.3) is 0 Å². The number of anilines is 1. The van der Waals surface area contributed by atoms with Crippen molar-refractivity contribution < 1.29 is 14.3 Å². The number of nitrogens with zero attached hydrogens (tertiary/aromatic N) is 1. The quantitative estimate of drug-likeness (QED) is 0.927. The Morgan fingerprint density at radius 3 is 2.71 bits per heavy atom. The van der Waals surface area contributed by atoms with Gasteiger partial charge in [0.2, 0.25) is 5.91 Å². The minimum Gasteiger partial charge on any atom is -0.496 e. The highest BCUT2D eigenvalue weighted by Crippen LogP contribution is 2.42. The molecule has 5 nitrogen and oxygen atoms in total. The second-order valence-corrected chi connectivity index (χ2v) is 5.95. The second-order valence-electron chi connectivity index (χ2n) is 5.55. The van der Waals surface area contributed by atoms with E-state index >= 15 is 0 Å². The van der Waals surface area contributed by atoms with Gasteiger partial charge >= 0.3 is 0 Å². The van der Waals surface area contributed by atoms with Crippen molar-refractivity contribution in [3.8, 4) is 5.75 Å². The summed E-state index contributed by atoms with van der Waals surface area (Å²) in [7, 11) is 1.59. The first-order valence-electron chi connectivity index (χ1n) is 7.51. The summed E-state index contributed by atoms with van der Waals surface area (Å²) in [4.78, 5) is 25.9. The lowest BCUT2D eigenvalue weighted by atomic mass is 10.1. The lowest BCUT2D eigenvalue weighted by Gasteiger charge is -2.20. The van der Waals surface area contributed by atoms with Crippen molar-refractivity contribution in [1.29, 1.82) is 0 Å². The number of hydrogen-bond acceptors (Lipinski definition) is 3. The molecule has 1 heterocycles. The van der Waals surface area contributed by atoms with Gasteiger partial charge in [0.25, 0.3) is 5.91 Å². The first-order valence-corrected chi connectivity index (χ1v) is 7.89. The van der Waals surface area contributed by atoms with Crippen LogP contribution in [0.4, 0.5) is 5.69 Å². The third-order valence-electron chi connectivity index (χ3n) is 3.98.